The van der Waals surface area contributed by atoms with Crippen molar-refractivity contribution in [3.05, 3.63) is 82.8 Å². The lowest BCUT2D eigenvalue weighted by molar-refractivity contribution is -0.732. The maximum absolute atomic E-state index is 13.2. The Bertz CT molecular complexity index is 1200. The van der Waals surface area contributed by atoms with Crippen LogP contribution in [0.3, 0.4) is 0 Å². The smallest absolute Gasteiger partial charge is 0.343 e. The van der Waals surface area contributed by atoms with Gasteiger partial charge in [0, 0.05) is 4.47 Å². The van der Waals surface area contributed by atoms with Gasteiger partial charge >= 0.3 is 11.7 Å². The molecule has 0 spiro atoms. The fourth-order valence-electron chi connectivity index (χ4n) is 2.86. The number of carbonyl (C=O) groups is 1. The van der Waals surface area contributed by atoms with Gasteiger partial charge in [0.1, 0.15) is 11.5 Å². The Morgan fingerprint density at radius 3 is 2.40 bits per heavy atom. The Kier molecular flexibility index (Phi) is 6.83. The molecule has 0 saturated carbocycles. The number of para-hydroxylation sites is 2. The van der Waals surface area contributed by atoms with E-state index in [1.54, 1.807) is 37.4 Å². The van der Waals surface area contributed by atoms with Gasteiger partial charge in [0.2, 0.25) is 0 Å². The molecule has 0 saturated heterocycles. The van der Waals surface area contributed by atoms with Gasteiger partial charge in [-0.25, -0.2) is 0 Å². The van der Waals surface area contributed by atoms with Crippen molar-refractivity contribution in [2.75, 3.05) is 7.11 Å². The molecular formula is C21H16BrIN4O3. The SMILES string of the molecule is COc1ccccc1-c1nn(C(=O)c2ccccc2O)[n+](-c2ccc(Br)cc2)n1.[I-]. The van der Waals surface area contributed by atoms with Crippen LogP contribution in [0.15, 0.2) is 77.3 Å². The predicted octanol–water partition coefficient (Wildman–Crippen LogP) is 0.391. The highest BCUT2D eigenvalue weighted by molar-refractivity contribution is 9.10. The highest BCUT2D eigenvalue weighted by atomic mass is 127. The van der Waals surface area contributed by atoms with Crippen LogP contribution in [-0.4, -0.2) is 33.1 Å². The number of aromatic nitrogens is 4. The number of phenolic OH excluding ortho intramolecular Hbond substituents is 1. The molecule has 0 aliphatic rings. The molecular weight excluding hydrogens is 563 g/mol. The molecule has 0 bridgehead atoms. The lowest BCUT2D eigenvalue weighted by Gasteiger charge is -2.01. The normalized spacial score (nSPS) is 10.3. The minimum absolute atomic E-state index is 0. The molecule has 4 aromatic rings. The van der Waals surface area contributed by atoms with E-state index in [0.29, 0.717) is 22.8 Å². The average Bonchev–Trinajstić information content (AvgIpc) is 3.19. The molecule has 0 amide bonds. The molecule has 1 N–H and O–H groups in total. The van der Waals surface area contributed by atoms with Crippen LogP contribution in [0.1, 0.15) is 10.4 Å². The Labute approximate surface area is 198 Å². The molecule has 0 fully saturated rings. The van der Waals surface area contributed by atoms with Crippen molar-refractivity contribution < 1.29 is 43.4 Å². The minimum Gasteiger partial charge on any atom is -1.00 e. The average molecular weight is 579 g/mol. The molecule has 1 heterocycles. The van der Waals surface area contributed by atoms with Crippen LogP contribution in [0.4, 0.5) is 0 Å². The van der Waals surface area contributed by atoms with E-state index in [9.17, 15) is 9.90 Å². The van der Waals surface area contributed by atoms with E-state index >= 15 is 0 Å². The van der Waals surface area contributed by atoms with Gasteiger partial charge in [0.05, 0.1) is 28.1 Å². The lowest BCUT2D eigenvalue weighted by Crippen LogP contribution is -3.00. The van der Waals surface area contributed by atoms with Gasteiger partial charge in [-0.05, 0) is 58.4 Å². The fourth-order valence-corrected chi connectivity index (χ4v) is 3.12. The summed E-state index contributed by atoms with van der Waals surface area (Å²) in [6, 6.07) is 20.9. The number of carbonyl (C=O) groups excluding carboxylic acids is 1. The van der Waals surface area contributed by atoms with Gasteiger partial charge < -0.3 is 33.8 Å². The molecule has 0 aliphatic heterocycles. The third-order valence-electron chi connectivity index (χ3n) is 4.28. The maximum atomic E-state index is 13.2. The molecule has 0 radical (unpaired) electrons. The molecule has 4 rings (SSSR count). The molecule has 7 nitrogen and oxygen atoms in total. The van der Waals surface area contributed by atoms with Crippen molar-refractivity contribution in [1.29, 1.82) is 0 Å². The number of ether oxygens (including phenoxy) is 1. The summed E-state index contributed by atoms with van der Waals surface area (Å²) >= 11 is 3.40. The predicted molar refractivity (Wildman–Crippen MR) is 109 cm³/mol. The number of methoxy groups -OCH3 is 1. The molecule has 9 heteroatoms. The summed E-state index contributed by atoms with van der Waals surface area (Å²) in [6.45, 7) is 0. The van der Waals surface area contributed by atoms with E-state index in [1.807, 2.05) is 30.3 Å². The third kappa shape index (κ3) is 4.21. The Morgan fingerprint density at radius 2 is 1.70 bits per heavy atom. The van der Waals surface area contributed by atoms with Gasteiger partial charge in [0.25, 0.3) is 0 Å². The van der Waals surface area contributed by atoms with E-state index in [4.69, 9.17) is 4.74 Å². The second-order valence-electron chi connectivity index (χ2n) is 6.10. The van der Waals surface area contributed by atoms with E-state index in [-0.39, 0.29) is 35.3 Å². The number of phenols is 1. The van der Waals surface area contributed by atoms with Crippen molar-refractivity contribution in [1.82, 2.24) is 15.0 Å². The van der Waals surface area contributed by atoms with Crippen molar-refractivity contribution in [2.24, 2.45) is 0 Å². The van der Waals surface area contributed by atoms with Gasteiger partial charge in [-0.15, -0.1) is 0 Å². The van der Waals surface area contributed by atoms with Gasteiger partial charge in [0.15, 0.2) is 5.69 Å². The van der Waals surface area contributed by atoms with Gasteiger partial charge in [-0.2, -0.15) is 0 Å². The van der Waals surface area contributed by atoms with Crippen molar-refractivity contribution in [3.8, 4) is 28.6 Å². The third-order valence-corrected chi connectivity index (χ3v) is 4.81. The Hall–Kier alpha value is -2.79. The summed E-state index contributed by atoms with van der Waals surface area (Å²) in [4.78, 5) is 15.7. The summed E-state index contributed by atoms with van der Waals surface area (Å²) < 4.78 is 6.30. The number of halogens is 2. The molecule has 0 atom stereocenters. The summed E-state index contributed by atoms with van der Waals surface area (Å²) in [6.07, 6.45) is 0. The molecule has 0 unspecified atom stereocenters. The Morgan fingerprint density at radius 1 is 1.03 bits per heavy atom. The highest BCUT2D eigenvalue weighted by Crippen LogP contribution is 2.26. The molecule has 3 aromatic carbocycles. The van der Waals surface area contributed by atoms with Crippen molar-refractivity contribution in [3.63, 3.8) is 0 Å². The number of benzene rings is 3. The summed E-state index contributed by atoms with van der Waals surface area (Å²) in [7, 11) is 1.56. The summed E-state index contributed by atoms with van der Waals surface area (Å²) in [5, 5.41) is 19.1. The number of tetrazole rings is 1. The van der Waals surface area contributed by atoms with Crippen LogP contribution in [0.5, 0.6) is 11.5 Å². The van der Waals surface area contributed by atoms with E-state index in [1.165, 1.54) is 16.9 Å². The van der Waals surface area contributed by atoms with Crippen LogP contribution in [-0.2, 0) is 0 Å². The highest BCUT2D eigenvalue weighted by Gasteiger charge is 2.30. The van der Waals surface area contributed by atoms with E-state index in [2.05, 4.69) is 26.1 Å². The first-order valence-electron chi connectivity index (χ1n) is 8.70. The summed E-state index contributed by atoms with van der Waals surface area (Å²) in [5.41, 5.74) is 1.39. The summed E-state index contributed by atoms with van der Waals surface area (Å²) in [5.74, 6) is 0.255. The first-order chi connectivity index (χ1) is 14.1. The van der Waals surface area contributed by atoms with Crippen LogP contribution in [0.2, 0.25) is 0 Å². The van der Waals surface area contributed by atoms with E-state index in [0.717, 1.165) is 9.27 Å². The number of hydrogen-bond donors (Lipinski definition) is 1. The number of nitrogens with zero attached hydrogens (tertiary/aromatic N) is 4. The van der Waals surface area contributed by atoms with Crippen molar-refractivity contribution in [2.45, 2.75) is 0 Å². The number of hydrogen-bond acceptors (Lipinski definition) is 5. The quantitative estimate of drug-likeness (QED) is 0.280. The molecule has 1 aromatic heterocycles. The number of rotatable bonds is 4. The van der Waals surface area contributed by atoms with Crippen LogP contribution < -0.4 is 33.5 Å². The van der Waals surface area contributed by atoms with Crippen LogP contribution in [0.25, 0.3) is 17.1 Å². The van der Waals surface area contributed by atoms with Crippen LogP contribution in [0, 0.1) is 0 Å². The second-order valence-corrected chi connectivity index (χ2v) is 7.02. The molecule has 30 heavy (non-hydrogen) atoms. The first-order valence-corrected chi connectivity index (χ1v) is 9.49. The maximum Gasteiger partial charge on any atom is 0.343 e. The Balaban J connectivity index is 0.00000256. The fraction of sp³-hybridized carbons (Fsp3) is 0.0476. The van der Waals surface area contributed by atoms with Gasteiger partial charge in [-0.3, -0.25) is 4.79 Å². The zero-order valence-electron chi connectivity index (χ0n) is 15.7. The zero-order chi connectivity index (χ0) is 20.4. The van der Waals surface area contributed by atoms with E-state index < -0.39 is 5.91 Å². The standard InChI is InChI=1S/C21H15BrN4O3.HI/c1-29-19-9-5-3-7-17(19)20-23-25(15-12-10-14(22)11-13-15)26(24-20)21(28)16-6-2-4-8-18(16)27;/h2-13H,1H3;1H. The second kappa shape index (κ2) is 9.35. The largest absolute Gasteiger partial charge is 1.00 e. The monoisotopic (exact) mass is 578 g/mol. The molecule has 0 aliphatic carbocycles. The minimum atomic E-state index is -0.514. The van der Waals surface area contributed by atoms with Gasteiger partial charge in [-0.1, -0.05) is 40.2 Å². The van der Waals surface area contributed by atoms with Crippen LogP contribution >= 0.6 is 15.9 Å². The zero-order valence-corrected chi connectivity index (χ0v) is 19.5. The first kappa shape index (κ1) is 21.9. The molecule has 152 valence electrons. The van der Waals surface area contributed by atoms with Crippen molar-refractivity contribution >= 4 is 21.8 Å². The lowest BCUT2D eigenvalue weighted by atomic mass is 10.2. The number of aromatic hydroxyl groups is 1. The topological polar surface area (TPSA) is 81.1 Å².